The Bertz CT molecular complexity index is 966. The van der Waals surface area contributed by atoms with Gasteiger partial charge in [0.15, 0.2) is 0 Å². The van der Waals surface area contributed by atoms with Crippen LogP contribution >= 0.6 is 0 Å². The van der Waals surface area contributed by atoms with Crippen LogP contribution in [0.5, 0.6) is 0 Å². The number of hydrogen-bond acceptors (Lipinski definition) is 5. The minimum absolute atomic E-state index is 0.118. The molecule has 8 nitrogen and oxygen atoms in total. The van der Waals surface area contributed by atoms with Gasteiger partial charge in [0, 0.05) is 25.7 Å². The summed E-state index contributed by atoms with van der Waals surface area (Å²) >= 11 is 0. The molecule has 2 unspecified atom stereocenters. The van der Waals surface area contributed by atoms with Gasteiger partial charge in [-0.15, -0.1) is 0 Å². The van der Waals surface area contributed by atoms with Crippen molar-refractivity contribution in [3.63, 3.8) is 0 Å². The molecule has 1 saturated carbocycles. The molecule has 4 fully saturated rings. The lowest BCUT2D eigenvalue weighted by atomic mass is 9.70. The standard InChI is InChI=1S/C29H41N3O5/c33-18-10-2-1-9-17-32-25(27(35)31-21-13-7-4-8-14-21)29-16-15-22(37-29)23(24(29)28(32)36)26(34)30-19-20-11-5-3-6-12-20/h3,5-6,11-12,21-25,33H,1-2,4,7-10,13-19H2,(H,30,34)(H,31,35)/t22-,23+,24-,25?,29?/m0/s1. The van der Waals surface area contributed by atoms with Crippen LogP contribution in [0, 0.1) is 11.8 Å². The first-order chi connectivity index (χ1) is 18.0. The highest BCUT2D eigenvalue weighted by Crippen LogP contribution is 2.58. The number of rotatable bonds is 11. The van der Waals surface area contributed by atoms with Crippen LogP contribution in [0.25, 0.3) is 0 Å². The van der Waals surface area contributed by atoms with Crippen LogP contribution in [0.2, 0.25) is 0 Å². The summed E-state index contributed by atoms with van der Waals surface area (Å²) in [6, 6.07) is 9.18. The SMILES string of the molecule is O=C(NC1CCCCC1)C1N(CCCCCCO)C(=O)[C@@H]2[C@H](C(=O)NCc3ccccc3)[C@@H]3CCC12O3. The number of ether oxygens (including phenoxy) is 1. The van der Waals surface area contributed by atoms with Crippen LogP contribution in [0.15, 0.2) is 30.3 Å². The minimum Gasteiger partial charge on any atom is -0.396 e. The van der Waals surface area contributed by atoms with Crippen molar-refractivity contribution in [2.45, 2.75) is 101 Å². The van der Waals surface area contributed by atoms with Gasteiger partial charge in [-0.25, -0.2) is 0 Å². The van der Waals surface area contributed by atoms with Crippen LogP contribution < -0.4 is 10.6 Å². The zero-order valence-electron chi connectivity index (χ0n) is 21.7. The Hall–Kier alpha value is -2.45. The molecule has 5 rings (SSSR count). The lowest BCUT2D eigenvalue weighted by Gasteiger charge is -2.35. The first-order valence-corrected chi connectivity index (χ1v) is 14.3. The maximum atomic E-state index is 13.9. The Kier molecular flexibility index (Phi) is 8.15. The van der Waals surface area contributed by atoms with E-state index in [1.54, 1.807) is 4.90 Å². The number of amides is 3. The van der Waals surface area contributed by atoms with Gasteiger partial charge >= 0.3 is 0 Å². The van der Waals surface area contributed by atoms with Crippen molar-refractivity contribution in [2.75, 3.05) is 13.2 Å². The molecule has 3 amide bonds. The van der Waals surface area contributed by atoms with Gasteiger partial charge in [-0.1, -0.05) is 62.4 Å². The molecule has 1 spiro atoms. The first kappa shape index (κ1) is 26.2. The molecular formula is C29H41N3O5. The molecule has 3 aliphatic heterocycles. The zero-order chi connectivity index (χ0) is 25.8. The maximum Gasteiger partial charge on any atom is 0.246 e. The molecule has 3 heterocycles. The fourth-order valence-corrected chi connectivity index (χ4v) is 7.17. The molecular weight excluding hydrogens is 470 g/mol. The fourth-order valence-electron chi connectivity index (χ4n) is 7.17. The quantitative estimate of drug-likeness (QED) is 0.396. The minimum atomic E-state index is -0.930. The molecule has 1 aromatic carbocycles. The van der Waals surface area contributed by atoms with Crippen molar-refractivity contribution in [2.24, 2.45) is 11.8 Å². The third-order valence-electron chi connectivity index (χ3n) is 8.92. The van der Waals surface area contributed by atoms with Gasteiger partial charge in [-0.3, -0.25) is 14.4 Å². The van der Waals surface area contributed by atoms with Gasteiger partial charge in [0.25, 0.3) is 0 Å². The molecule has 3 N–H and O–H groups in total. The van der Waals surface area contributed by atoms with Gasteiger partial charge in [-0.2, -0.15) is 0 Å². The molecule has 0 radical (unpaired) electrons. The summed E-state index contributed by atoms with van der Waals surface area (Å²) in [7, 11) is 0. The number of nitrogens with one attached hydrogen (secondary N) is 2. The summed E-state index contributed by atoms with van der Waals surface area (Å²) < 4.78 is 6.52. The Morgan fingerprint density at radius 1 is 1.00 bits per heavy atom. The lowest BCUT2D eigenvalue weighted by Crippen LogP contribution is -2.57. The summed E-state index contributed by atoms with van der Waals surface area (Å²) in [5.74, 6) is -1.60. The fraction of sp³-hybridized carbons (Fsp3) is 0.690. The molecule has 2 bridgehead atoms. The number of likely N-dealkylation sites (tertiary alicyclic amines) is 1. The number of carbonyl (C=O) groups excluding carboxylic acids is 3. The average molecular weight is 512 g/mol. The number of nitrogens with zero attached hydrogens (tertiary/aromatic N) is 1. The number of hydrogen-bond donors (Lipinski definition) is 3. The van der Waals surface area contributed by atoms with E-state index < -0.39 is 23.5 Å². The highest BCUT2D eigenvalue weighted by atomic mass is 16.5. The molecule has 37 heavy (non-hydrogen) atoms. The van der Waals surface area contributed by atoms with Gasteiger partial charge in [0.05, 0.1) is 17.9 Å². The van der Waals surface area contributed by atoms with Crippen molar-refractivity contribution < 1.29 is 24.2 Å². The molecule has 1 aliphatic carbocycles. The number of unbranched alkanes of at least 4 members (excludes halogenated alkanes) is 3. The van der Waals surface area contributed by atoms with Crippen LogP contribution in [0.3, 0.4) is 0 Å². The Morgan fingerprint density at radius 3 is 2.51 bits per heavy atom. The van der Waals surface area contributed by atoms with Gasteiger partial charge in [-0.05, 0) is 44.1 Å². The van der Waals surface area contributed by atoms with E-state index in [1.807, 2.05) is 30.3 Å². The topological polar surface area (TPSA) is 108 Å². The normalized spacial score (nSPS) is 30.9. The average Bonchev–Trinajstić information content (AvgIpc) is 3.56. The van der Waals surface area contributed by atoms with E-state index in [0.717, 1.165) is 56.9 Å². The third-order valence-corrected chi connectivity index (χ3v) is 8.92. The highest BCUT2D eigenvalue weighted by molar-refractivity contribution is 5.99. The highest BCUT2D eigenvalue weighted by Gasteiger charge is 2.74. The van der Waals surface area contributed by atoms with Crippen molar-refractivity contribution in [3.05, 3.63) is 35.9 Å². The van der Waals surface area contributed by atoms with E-state index in [9.17, 15) is 14.4 Å². The number of aliphatic hydroxyl groups is 1. The second-order valence-corrected chi connectivity index (χ2v) is 11.3. The zero-order valence-corrected chi connectivity index (χ0v) is 21.7. The van der Waals surface area contributed by atoms with Gasteiger partial charge < -0.3 is 25.4 Å². The summed E-state index contributed by atoms with van der Waals surface area (Å²) in [6.07, 6.45) is 9.60. The predicted octanol–water partition coefficient (Wildman–Crippen LogP) is 2.68. The molecule has 1 aromatic rings. The summed E-state index contributed by atoms with van der Waals surface area (Å²) in [4.78, 5) is 42.9. The van der Waals surface area contributed by atoms with Crippen molar-refractivity contribution in [3.8, 4) is 0 Å². The second kappa shape index (κ2) is 11.5. The number of benzene rings is 1. The van der Waals surface area contributed by atoms with E-state index in [0.29, 0.717) is 25.9 Å². The van der Waals surface area contributed by atoms with Gasteiger partial charge in [0.2, 0.25) is 17.7 Å². The summed E-state index contributed by atoms with van der Waals surface area (Å²) in [6.45, 7) is 1.03. The van der Waals surface area contributed by atoms with Crippen molar-refractivity contribution >= 4 is 17.7 Å². The predicted molar refractivity (Wildman–Crippen MR) is 138 cm³/mol. The molecule has 8 heteroatoms. The Balaban J connectivity index is 1.34. The third kappa shape index (κ3) is 5.15. The smallest absolute Gasteiger partial charge is 0.246 e. The summed E-state index contributed by atoms with van der Waals surface area (Å²) in [5, 5.41) is 15.4. The Morgan fingerprint density at radius 2 is 1.76 bits per heavy atom. The van der Waals surface area contributed by atoms with Crippen molar-refractivity contribution in [1.82, 2.24) is 15.5 Å². The Labute approximate surface area is 219 Å². The van der Waals surface area contributed by atoms with Crippen LogP contribution in [-0.4, -0.2) is 64.7 Å². The molecule has 3 saturated heterocycles. The van der Waals surface area contributed by atoms with Crippen LogP contribution in [-0.2, 0) is 25.7 Å². The largest absolute Gasteiger partial charge is 0.396 e. The second-order valence-electron chi connectivity index (χ2n) is 11.3. The number of carbonyl (C=O) groups is 3. The van der Waals surface area contributed by atoms with Gasteiger partial charge in [0.1, 0.15) is 11.6 Å². The molecule has 202 valence electrons. The monoisotopic (exact) mass is 511 g/mol. The summed E-state index contributed by atoms with van der Waals surface area (Å²) in [5.41, 5.74) is 0.0713. The van der Waals surface area contributed by atoms with Crippen LogP contribution in [0.4, 0.5) is 0 Å². The molecule has 0 aromatic heterocycles. The van der Waals surface area contributed by atoms with E-state index in [2.05, 4.69) is 10.6 Å². The number of aliphatic hydroxyl groups excluding tert-OH is 1. The van der Waals surface area contributed by atoms with E-state index in [4.69, 9.17) is 9.84 Å². The van der Waals surface area contributed by atoms with Crippen molar-refractivity contribution in [1.29, 1.82) is 0 Å². The number of fused-ring (bicyclic) bond motifs is 1. The lowest BCUT2D eigenvalue weighted by molar-refractivity contribution is -0.142. The molecule has 4 aliphatic rings. The van der Waals surface area contributed by atoms with E-state index in [-0.39, 0.29) is 36.5 Å². The van der Waals surface area contributed by atoms with Crippen LogP contribution in [0.1, 0.15) is 76.2 Å². The van der Waals surface area contributed by atoms with E-state index >= 15 is 0 Å². The maximum absolute atomic E-state index is 13.9. The molecule has 5 atom stereocenters. The first-order valence-electron chi connectivity index (χ1n) is 14.3. The van der Waals surface area contributed by atoms with E-state index in [1.165, 1.54) is 6.42 Å².